The number of benzene rings is 2. The van der Waals surface area contributed by atoms with E-state index in [0.29, 0.717) is 24.1 Å². The molecule has 1 amide bonds. The Balaban J connectivity index is 1.45. The van der Waals surface area contributed by atoms with Crippen LogP contribution < -0.4 is 4.72 Å². The van der Waals surface area contributed by atoms with Crippen LogP contribution in [0.4, 0.5) is 0 Å². The summed E-state index contributed by atoms with van der Waals surface area (Å²) in [5.41, 5.74) is 2.80. The van der Waals surface area contributed by atoms with E-state index in [2.05, 4.69) is 15.9 Å². The van der Waals surface area contributed by atoms with Crippen molar-refractivity contribution < 1.29 is 17.7 Å². The highest BCUT2D eigenvalue weighted by molar-refractivity contribution is 7.89. The van der Waals surface area contributed by atoms with Gasteiger partial charge in [0.15, 0.2) is 11.3 Å². The van der Waals surface area contributed by atoms with Crippen molar-refractivity contribution in [1.82, 2.24) is 14.8 Å². The Morgan fingerprint density at radius 3 is 2.71 bits per heavy atom. The lowest BCUT2D eigenvalue weighted by atomic mass is 9.88. The molecule has 8 heteroatoms. The van der Waals surface area contributed by atoms with Crippen molar-refractivity contribution in [2.45, 2.75) is 49.5 Å². The van der Waals surface area contributed by atoms with E-state index in [9.17, 15) is 13.2 Å². The zero-order chi connectivity index (χ0) is 21.4. The lowest BCUT2D eigenvalue weighted by Crippen LogP contribution is -2.35. The van der Waals surface area contributed by atoms with E-state index in [1.165, 1.54) is 17.7 Å². The molecule has 1 atom stereocenters. The van der Waals surface area contributed by atoms with Gasteiger partial charge in [0.25, 0.3) is 5.91 Å². The number of hydrogen-bond acceptors (Lipinski definition) is 5. The standard InChI is InChI=1S/C23H25N3O4S/c27-23(26-13-4-1-5-14-26)22-19-15-17(11-12-21(19)30-24-22)31(28,29)25-20-10-6-8-16-7-2-3-9-18(16)20/h2-3,7,9,11-12,15,20,25H,1,4-6,8,10,13-14H2. The zero-order valence-electron chi connectivity index (χ0n) is 17.2. The summed E-state index contributed by atoms with van der Waals surface area (Å²) in [5.74, 6) is -0.206. The number of nitrogens with one attached hydrogen (secondary N) is 1. The van der Waals surface area contributed by atoms with Crippen LogP contribution in [-0.2, 0) is 16.4 Å². The number of amides is 1. The number of carbonyl (C=O) groups excluding carboxylic acids is 1. The van der Waals surface area contributed by atoms with Gasteiger partial charge in [-0.25, -0.2) is 13.1 Å². The first-order valence-electron chi connectivity index (χ1n) is 10.8. The van der Waals surface area contributed by atoms with Crippen LogP contribution in [0.15, 0.2) is 51.9 Å². The highest BCUT2D eigenvalue weighted by atomic mass is 32.2. The summed E-state index contributed by atoms with van der Waals surface area (Å²) in [7, 11) is -3.78. The molecule has 7 nitrogen and oxygen atoms in total. The number of rotatable bonds is 4. The Morgan fingerprint density at radius 1 is 1.06 bits per heavy atom. The minimum Gasteiger partial charge on any atom is -0.355 e. The highest BCUT2D eigenvalue weighted by Gasteiger charge is 2.28. The number of likely N-dealkylation sites (tertiary alicyclic amines) is 1. The molecule has 0 radical (unpaired) electrons. The summed E-state index contributed by atoms with van der Waals surface area (Å²) < 4.78 is 34.6. The van der Waals surface area contributed by atoms with Crippen molar-refractivity contribution in [3.05, 3.63) is 59.3 Å². The predicted octanol–water partition coefficient (Wildman–Crippen LogP) is 3.81. The second kappa shape index (κ2) is 8.09. The number of piperidine rings is 1. The molecule has 2 aliphatic rings. The molecule has 31 heavy (non-hydrogen) atoms. The molecule has 1 aromatic heterocycles. The van der Waals surface area contributed by atoms with E-state index in [1.54, 1.807) is 11.0 Å². The van der Waals surface area contributed by atoms with Gasteiger partial charge < -0.3 is 9.42 Å². The summed E-state index contributed by atoms with van der Waals surface area (Å²) in [5, 5.41) is 4.39. The molecular formula is C23H25N3O4S. The molecule has 1 saturated heterocycles. The molecule has 0 saturated carbocycles. The number of carbonyl (C=O) groups is 1. The largest absolute Gasteiger partial charge is 0.355 e. The molecule has 1 aliphatic carbocycles. The third-order valence-corrected chi connectivity index (χ3v) is 7.73. The molecule has 0 bridgehead atoms. The average Bonchev–Trinajstić information content (AvgIpc) is 3.22. The molecule has 0 spiro atoms. The first-order chi connectivity index (χ1) is 15.0. The molecule has 1 fully saturated rings. The van der Waals surface area contributed by atoms with Crippen LogP contribution in [0.1, 0.15) is 59.8 Å². The van der Waals surface area contributed by atoms with E-state index in [-0.39, 0.29) is 22.5 Å². The first kappa shape index (κ1) is 20.2. The second-order valence-electron chi connectivity index (χ2n) is 8.31. The maximum Gasteiger partial charge on any atom is 0.276 e. The van der Waals surface area contributed by atoms with Crippen molar-refractivity contribution in [2.24, 2.45) is 0 Å². The molecule has 1 N–H and O–H groups in total. The van der Waals surface area contributed by atoms with E-state index >= 15 is 0 Å². The zero-order valence-corrected chi connectivity index (χ0v) is 18.0. The average molecular weight is 440 g/mol. The highest BCUT2D eigenvalue weighted by Crippen LogP contribution is 2.31. The predicted molar refractivity (Wildman–Crippen MR) is 116 cm³/mol. The first-order valence-corrected chi connectivity index (χ1v) is 12.3. The van der Waals surface area contributed by atoms with E-state index in [1.807, 2.05) is 18.2 Å². The minimum atomic E-state index is -3.78. The summed E-state index contributed by atoms with van der Waals surface area (Å²) in [6.07, 6.45) is 5.69. The third kappa shape index (κ3) is 3.85. The molecular weight excluding hydrogens is 414 g/mol. The van der Waals surface area contributed by atoms with E-state index in [0.717, 1.165) is 44.1 Å². The van der Waals surface area contributed by atoms with Crippen molar-refractivity contribution >= 4 is 26.9 Å². The topological polar surface area (TPSA) is 92.5 Å². The minimum absolute atomic E-state index is 0.110. The van der Waals surface area contributed by atoms with Crippen molar-refractivity contribution in [3.63, 3.8) is 0 Å². The summed E-state index contributed by atoms with van der Waals surface area (Å²) in [4.78, 5) is 14.8. The molecule has 2 aromatic carbocycles. The van der Waals surface area contributed by atoms with Gasteiger partial charge in [-0.3, -0.25) is 4.79 Å². The maximum atomic E-state index is 13.2. The Morgan fingerprint density at radius 2 is 1.87 bits per heavy atom. The number of hydrogen-bond donors (Lipinski definition) is 1. The van der Waals surface area contributed by atoms with Crippen LogP contribution in [-0.4, -0.2) is 37.5 Å². The maximum absolute atomic E-state index is 13.2. The van der Waals surface area contributed by atoms with Gasteiger partial charge in [-0.15, -0.1) is 0 Å². The van der Waals surface area contributed by atoms with Crippen molar-refractivity contribution in [1.29, 1.82) is 0 Å². The van der Waals surface area contributed by atoms with Gasteiger partial charge in [-0.05, 0) is 67.9 Å². The normalized spacial score (nSPS) is 19.4. The number of aromatic nitrogens is 1. The van der Waals surface area contributed by atoms with Crippen LogP contribution in [0.5, 0.6) is 0 Å². The van der Waals surface area contributed by atoms with Gasteiger partial charge in [0.2, 0.25) is 10.0 Å². The summed E-state index contributed by atoms with van der Waals surface area (Å²) in [6, 6.07) is 12.3. The van der Waals surface area contributed by atoms with Gasteiger partial charge >= 0.3 is 0 Å². The third-order valence-electron chi connectivity index (χ3n) is 6.26. The fraction of sp³-hybridized carbons (Fsp3) is 0.391. The summed E-state index contributed by atoms with van der Waals surface area (Å²) in [6.45, 7) is 1.38. The Hall–Kier alpha value is -2.71. The fourth-order valence-electron chi connectivity index (χ4n) is 4.62. The van der Waals surface area contributed by atoms with Crippen LogP contribution in [0, 0.1) is 0 Å². The van der Waals surface area contributed by atoms with Crippen molar-refractivity contribution in [2.75, 3.05) is 13.1 Å². The monoisotopic (exact) mass is 439 g/mol. The van der Waals surface area contributed by atoms with E-state index < -0.39 is 10.0 Å². The number of nitrogens with zero attached hydrogens (tertiary/aromatic N) is 2. The van der Waals surface area contributed by atoms with Gasteiger partial charge in [0.05, 0.1) is 10.3 Å². The Labute approximate surface area is 181 Å². The Kier molecular flexibility index (Phi) is 5.27. The number of fused-ring (bicyclic) bond motifs is 2. The van der Waals surface area contributed by atoms with Crippen LogP contribution in [0.2, 0.25) is 0 Å². The smallest absolute Gasteiger partial charge is 0.276 e. The quantitative estimate of drug-likeness (QED) is 0.667. The molecule has 2 heterocycles. The molecule has 162 valence electrons. The number of sulfonamides is 1. The SMILES string of the molecule is O=C(c1noc2ccc(S(=O)(=O)NC3CCCc4ccccc43)cc12)N1CCCCC1. The molecule has 1 aliphatic heterocycles. The molecule has 5 rings (SSSR count). The molecule has 3 aromatic rings. The Bertz CT molecular complexity index is 1230. The lowest BCUT2D eigenvalue weighted by Gasteiger charge is -2.26. The molecule has 1 unspecified atom stereocenters. The van der Waals surface area contributed by atoms with Crippen LogP contribution in [0.25, 0.3) is 11.0 Å². The number of aryl methyl sites for hydroxylation is 1. The van der Waals surface area contributed by atoms with E-state index in [4.69, 9.17) is 4.52 Å². The van der Waals surface area contributed by atoms with Crippen LogP contribution in [0.3, 0.4) is 0 Å². The van der Waals surface area contributed by atoms with Gasteiger partial charge in [0, 0.05) is 19.1 Å². The summed E-state index contributed by atoms with van der Waals surface area (Å²) >= 11 is 0. The van der Waals surface area contributed by atoms with Crippen molar-refractivity contribution in [3.8, 4) is 0 Å². The second-order valence-corrected chi connectivity index (χ2v) is 10.0. The fourth-order valence-corrected chi connectivity index (χ4v) is 5.89. The van der Waals surface area contributed by atoms with Gasteiger partial charge in [-0.2, -0.15) is 0 Å². The van der Waals surface area contributed by atoms with Gasteiger partial charge in [-0.1, -0.05) is 29.4 Å². The lowest BCUT2D eigenvalue weighted by molar-refractivity contribution is 0.0716. The van der Waals surface area contributed by atoms with Crippen LogP contribution >= 0.6 is 0 Å². The van der Waals surface area contributed by atoms with Gasteiger partial charge in [0.1, 0.15) is 0 Å².